The first kappa shape index (κ1) is 63.4. The van der Waals surface area contributed by atoms with Crippen LogP contribution in [0.5, 0.6) is 0 Å². The fourth-order valence-electron chi connectivity index (χ4n) is 7.59. The maximum absolute atomic E-state index is 12.9. The Morgan fingerprint density at radius 2 is 0.585 bits per heavy atom. The SMILES string of the molecule is COC1=C(OC)C(=O)C(C/C=C(\C)CC/C=C(\C)CC/C=C(\C)CC/C=C(\C)CC/C=C(\C)CC/C=C(\C)CC/C=C(\C)CC/C=C(\C)CC/C=C(\C)CCC=C(C)C)=C(C)C1=O.[CH3-].[Co]. The molecule has 367 valence electrons. The van der Waals surface area contributed by atoms with Gasteiger partial charge in [-0.1, -0.05) is 116 Å². The summed E-state index contributed by atoms with van der Waals surface area (Å²) in [7, 11) is 2.78. The maximum atomic E-state index is 12.9. The molecule has 0 saturated carbocycles. The van der Waals surface area contributed by atoms with E-state index in [-0.39, 0.29) is 47.3 Å². The average molecular weight is 937 g/mol. The van der Waals surface area contributed by atoms with E-state index in [2.05, 4.69) is 137 Å². The van der Waals surface area contributed by atoms with Crippen molar-refractivity contribution in [2.45, 2.75) is 205 Å². The van der Waals surface area contributed by atoms with Crippen molar-refractivity contribution in [2.75, 3.05) is 14.2 Å². The summed E-state index contributed by atoms with van der Waals surface area (Å²) in [6.07, 6.45) is 44.3. The summed E-state index contributed by atoms with van der Waals surface area (Å²) < 4.78 is 10.3. The summed E-state index contributed by atoms with van der Waals surface area (Å²) in [6, 6.07) is 0. The topological polar surface area (TPSA) is 52.6 Å². The predicted octanol–water partition coefficient (Wildman–Crippen LogP) is 18.3. The standard InChI is InChI=1S/C59H90O4.CH3.Co/c1-44(2)24-15-25-45(3)26-16-27-46(4)28-17-29-47(5)30-18-31-48(6)32-19-33-49(7)34-20-35-50(8)36-21-37-51(9)38-22-39-52(10)40-23-41-53(11)42-43-55-54(12)56(60)58(62-13)59(63-14)57(55)61;;/h24,26,28,30,32,34,36,38,40,42H,15-23,25,27,29,31,33,35,37,39,41,43H2,1-14H3;1H3;/q;-1;/b45-26+,46-28+,47-30+,48-32+,49-34+,50-36+,51-38+,52-40+,53-42+;;. The molecule has 0 saturated heterocycles. The van der Waals surface area contributed by atoms with Gasteiger partial charge < -0.3 is 16.9 Å². The molecule has 1 aliphatic rings. The van der Waals surface area contributed by atoms with E-state index < -0.39 is 0 Å². The minimum absolute atomic E-state index is 0. The third kappa shape index (κ3) is 29.6. The van der Waals surface area contributed by atoms with Gasteiger partial charge in [-0.05, 0) is 205 Å². The molecular formula is C60H93CoO4-. The number of hydrogen-bond donors (Lipinski definition) is 0. The summed E-state index contributed by atoms with van der Waals surface area (Å²) in [5.74, 6) is -0.572. The van der Waals surface area contributed by atoms with Gasteiger partial charge in [0, 0.05) is 27.9 Å². The van der Waals surface area contributed by atoms with Crippen LogP contribution in [0.2, 0.25) is 0 Å². The van der Waals surface area contributed by atoms with E-state index in [1.807, 2.05) is 0 Å². The van der Waals surface area contributed by atoms with E-state index in [4.69, 9.17) is 9.47 Å². The average Bonchev–Trinajstić information content (AvgIpc) is 3.21. The van der Waals surface area contributed by atoms with Gasteiger partial charge in [-0.3, -0.25) is 9.59 Å². The van der Waals surface area contributed by atoms with E-state index in [0.717, 1.165) is 96.3 Å². The third-order valence-corrected chi connectivity index (χ3v) is 12.1. The number of ketones is 2. The minimum Gasteiger partial charge on any atom is -0.489 e. The van der Waals surface area contributed by atoms with Crippen molar-refractivity contribution < 1.29 is 35.8 Å². The van der Waals surface area contributed by atoms with Crippen LogP contribution in [0.1, 0.15) is 205 Å². The molecule has 0 N–H and O–H groups in total. The summed E-state index contributed by atoms with van der Waals surface area (Å²) in [4.78, 5) is 25.5. The summed E-state index contributed by atoms with van der Waals surface area (Å²) >= 11 is 0. The van der Waals surface area contributed by atoms with Crippen LogP contribution in [-0.4, -0.2) is 25.8 Å². The van der Waals surface area contributed by atoms with E-state index in [1.54, 1.807) is 6.92 Å². The molecule has 0 amide bonds. The minimum atomic E-state index is -0.284. The molecule has 65 heavy (non-hydrogen) atoms. The summed E-state index contributed by atoms with van der Waals surface area (Å²) in [6.45, 7) is 26.3. The van der Waals surface area contributed by atoms with Crippen LogP contribution in [0.3, 0.4) is 0 Å². The first-order chi connectivity index (χ1) is 30.0. The number of ether oxygens (including phenoxy) is 2. The van der Waals surface area contributed by atoms with Gasteiger partial charge in [-0.2, -0.15) is 0 Å². The summed E-state index contributed by atoms with van der Waals surface area (Å²) in [5.41, 5.74) is 15.5. The van der Waals surface area contributed by atoms with Gasteiger partial charge in [-0.25, -0.2) is 0 Å². The Morgan fingerprint density at radius 3 is 0.815 bits per heavy atom. The molecule has 1 aliphatic carbocycles. The maximum Gasteiger partial charge on any atom is 0.228 e. The molecule has 4 nitrogen and oxygen atoms in total. The Balaban J connectivity index is 0. The van der Waals surface area contributed by atoms with Gasteiger partial charge in [0.25, 0.3) is 0 Å². The van der Waals surface area contributed by atoms with Crippen LogP contribution in [0.4, 0.5) is 0 Å². The van der Waals surface area contributed by atoms with E-state index in [9.17, 15) is 9.59 Å². The van der Waals surface area contributed by atoms with Crippen LogP contribution < -0.4 is 0 Å². The van der Waals surface area contributed by atoms with Crippen molar-refractivity contribution in [2.24, 2.45) is 0 Å². The fourth-order valence-corrected chi connectivity index (χ4v) is 7.59. The second-order valence-corrected chi connectivity index (χ2v) is 18.6. The zero-order valence-electron chi connectivity index (χ0n) is 44.2. The van der Waals surface area contributed by atoms with Crippen LogP contribution in [0, 0.1) is 7.43 Å². The van der Waals surface area contributed by atoms with Crippen LogP contribution in [0.25, 0.3) is 0 Å². The van der Waals surface area contributed by atoms with E-state index in [1.165, 1.54) is 89.2 Å². The number of hydrogen-bond acceptors (Lipinski definition) is 4. The molecule has 0 aliphatic heterocycles. The molecule has 0 aromatic heterocycles. The monoisotopic (exact) mass is 937 g/mol. The second kappa shape index (κ2) is 37.4. The van der Waals surface area contributed by atoms with Gasteiger partial charge in [0.05, 0.1) is 14.2 Å². The van der Waals surface area contributed by atoms with Crippen molar-refractivity contribution in [1.82, 2.24) is 0 Å². The van der Waals surface area contributed by atoms with E-state index in [0.29, 0.717) is 17.6 Å². The van der Waals surface area contributed by atoms with Gasteiger partial charge in [-0.15, -0.1) is 0 Å². The first-order valence-electron chi connectivity index (χ1n) is 24.1. The van der Waals surface area contributed by atoms with Gasteiger partial charge in [0.1, 0.15) is 0 Å². The Bertz CT molecular complexity index is 1850. The van der Waals surface area contributed by atoms with Crippen molar-refractivity contribution in [3.05, 3.63) is 147 Å². The smallest absolute Gasteiger partial charge is 0.228 e. The van der Waals surface area contributed by atoms with Gasteiger partial charge in [0.15, 0.2) is 0 Å². The molecular weight excluding hydrogens is 844 g/mol. The van der Waals surface area contributed by atoms with Crippen LogP contribution in [-0.2, 0) is 35.8 Å². The molecule has 0 bridgehead atoms. The molecule has 0 fully saturated rings. The van der Waals surface area contributed by atoms with Crippen molar-refractivity contribution in [1.29, 1.82) is 0 Å². The van der Waals surface area contributed by atoms with Crippen molar-refractivity contribution >= 4 is 11.6 Å². The number of carbonyl (C=O) groups is 2. The van der Waals surface area contributed by atoms with Crippen molar-refractivity contribution in [3.63, 3.8) is 0 Å². The first-order valence-corrected chi connectivity index (χ1v) is 24.1. The molecule has 5 heteroatoms. The third-order valence-electron chi connectivity index (χ3n) is 12.1. The molecule has 0 unspecified atom stereocenters. The molecule has 0 aromatic carbocycles. The molecule has 1 radical (unpaired) electrons. The predicted molar refractivity (Wildman–Crippen MR) is 281 cm³/mol. The quantitative estimate of drug-likeness (QED) is 0.0395. The molecule has 0 heterocycles. The fraction of sp³-hybridized carbons (Fsp3) is 0.550. The Hall–Kier alpha value is -3.67. The largest absolute Gasteiger partial charge is 0.489 e. The van der Waals surface area contributed by atoms with Crippen LogP contribution >= 0.6 is 0 Å². The number of allylic oxidation sites excluding steroid dienone is 22. The van der Waals surface area contributed by atoms with Gasteiger partial charge >= 0.3 is 0 Å². The molecule has 0 spiro atoms. The zero-order chi connectivity index (χ0) is 47.2. The van der Waals surface area contributed by atoms with E-state index >= 15 is 0 Å². The molecule has 0 atom stereocenters. The number of methoxy groups -OCH3 is 2. The molecule has 1 rings (SSSR count). The number of rotatable bonds is 31. The number of Topliss-reactive ketones (excluding diaryl/α,β-unsaturated/α-hetero) is 2. The summed E-state index contributed by atoms with van der Waals surface area (Å²) in [5, 5.41) is 0. The Labute approximate surface area is 411 Å². The normalized spacial score (nSPS) is 15.4. The van der Waals surface area contributed by atoms with Gasteiger partial charge in [0.2, 0.25) is 23.1 Å². The zero-order valence-corrected chi connectivity index (χ0v) is 45.2. The second-order valence-electron chi connectivity index (χ2n) is 18.6. The number of carbonyl (C=O) groups excluding carboxylic acids is 2. The Kier molecular flexibility index (Phi) is 36.5. The molecule has 0 aromatic rings. The Morgan fingerprint density at radius 1 is 0.369 bits per heavy atom. The van der Waals surface area contributed by atoms with Crippen LogP contribution in [0.15, 0.2) is 139 Å². The van der Waals surface area contributed by atoms with Crippen molar-refractivity contribution in [3.8, 4) is 0 Å².